The molecule has 45 heavy (non-hydrogen) atoms. The Morgan fingerprint density at radius 2 is 1.73 bits per heavy atom. The molecule has 0 aliphatic heterocycles. The van der Waals surface area contributed by atoms with Crippen LogP contribution in [0.1, 0.15) is 36.9 Å². The number of anilines is 1. The molecule has 8 rings (SSSR count). The maximum Gasteiger partial charge on any atom is 0.433 e. The summed E-state index contributed by atoms with van der Waals surface area (Å²) in [6, 6.07) is 8.45. The summed E-state index contributed by atoms with van der Waals surface area (Å²) in [6.45, 7) is 1.79. The van der Waals surface area contributed by atoms with Crippen LogP contribution in [-0.2, 0) is 21.0 Å². The third-order valence-corrected chi connectivity index (χ3v) is 10.7. The lowest BCUT2D eigenvalue weighted by Crippen LogP contribution is -2.51. The van der Waals surface area contributed by atoms with Crippen molar-refractivity contribution in [2.24, 2.45) is 17.8 Å². The molecule has 0 unspecified atom stereocenters. The molecule has 2 atom stereocenters. The summed E-state index contributed by atoms with van der Waals surface area (Å²) < 4.78 is 85.8. The highest BCUT2D eigenvalue weighted by molar-refractivity contribution is 7.90. The van der Waals surface area contributed by atoms with Gasteiger partial charge in [0.2, 0.25) is 0 Å². The van der Waals surface area contributed by atoms with Crippen molar-refractivity contribution < 1.29 is 35.9 Å². The molecule has 3 aliphatic carbocycles. The van der Waals surface area contributed by atoms with Crippen molar-refractivity contribution in [1.29, 1.82) is 0 Å². The molecule has 4 aromatic heterocycles. The highest BCUT2D eigenvalue weighted by atomic mass is 32.2. The molecule has 3 aliphatic rings. The largest absolute Gasteiger partial charge is 0.481 e. The zero-order chi connectivity index (χ0) is 31.8. The second-order valence-corrected chi connectivity index (χ2v) is 13.5. The number of aryl methyl sites for hydroxylation is 1. The minimum atomic E-state index is -4.82. The number of alkyl halides is 3. The van der Waals surface area contributed by atoms with Gasteiger partial charge in [0.25, 0.3) is 10.0 Å². The van der Waals surface area contributed by atoms with Crippen molar-refractivity contribution >= 4 is 38.4 Å². The van der Waals surface area contributed by atoms with Crippen molar-refractivity contribution in [3.63, 3.8) is 0 Å². The SMILES string of the molecule is Cc1ccc(S(=O)(=O)n2cc(-c3nc(N[C@H]4C5CCC(CC5)[C@@H]4C(=O)O)c4ccc(C(F)(F)F)n4n3)c3cc(F)cnc32)cc1. The highest BCUT2D eigenvalue weighted by Gasteiger charge is 2.48. The Morgan fingerprint density at radius 3 is 2.40 bits per heavy atom. The topological polar surface area (TPSA) is 131 Å². The third-order valence-electron chi connectivity index (χ3n) is 9.01. The first-order chi connectivity index (χ1) is 21.3. The van der Waals surface area contributed by atoms with E-state index in [9.17, 15) is 35.9 Å². The van der Waals surface area contributed by atoms with Gasteiger partial charge in [-0.3, -0.25) is 4.79 Å². The Hall–Kier alpha value is -4.53. The average Bonchev–Trinajstić information content (AvgIpc) is 3.60. The van der Waals surface area contributed by atoms with E-state index in [0.29, 0.717) is 4.52 Å². The number of nitrogens with zero attached hydrogens (tertiary/aromatic N) is 5. The quantitative estimate of drug-likeness (QED) is 0.224. The van der Waals surface area contributed by atoms with Crippen LogP contribution in [0, 0.1) is 30.5 Å². The monoisotopic (exact) mass is 642 g/mol. The second-order valence-electron chi connectivity index (χ2n) is 11.7. The maximum absolute atomic E-state index is 14.5. The van der Waals surface area contributed by atoms with E-state index in [1.165, 1.54) is 18.2 Å². The van der Waals surface area contributed by atoms with Gasteiger partial charge in [-0.2, -0.15) is 13.2 Å². The number of aromatic nitrogens is 5. The van der Waals surface area contributed by atoms with Crippen LogP contribution in [0.3, 0.4) is 0 Å². The number of benzene rings is 1. The van der Waals surface area contributed by atoms with Crippen molar-refractivity contribution in [3.8, 4) is 11.4 Å². The predicted molar refractivity (Wildman–Crippen MR) is 154 cm³/mol. The summed E-state index contributed by atoms with van der Waals surface area (Å²) in [7, 11) is -4.29. The average molecular weight is 643 g/mol. The number of aliphatic carboxylic acids is 1. The standard InChI is InChI=1S/C30H26F4N6O4S/c1-15-2-8-19(9-3-15)45(43,44)39-14-21(20-12-18(31)13-35-28(20)39)26-37-27(22-10-11-23(30(32,33)34)40(22)38-26)36-25-17-6-4-16(5-7-17)24(25)29(41)42/h2-3,8-14,16-17,24-25H,4-7H2,1H3,(H,41,42)(H,36,37,38)/t16?,17?,24-,25-/m0/s1. The van der Waals surface area contributed by atoms with Gasteiger partial charge in [0, 0.05) is 23.2 Å². The molecule has 2 bridgehead atoms. The van der Waals surface area contributed by atoms with Crippen molar-refractivity contribution in [2.45, 2.75) is 49.7 Å². The molecular weight excluding hydrogens is 616 g/mol. The van der Waals surface area contributed by atoms with Gasteiger partial charge in [0.1, 0.15) is 17.0 Å². The number of nitrogens with one attached hydrogen (secondary N) is 1. The molecule has 10 nitrogen and oxygen atoms in total. The molecule has 4 heterocycles. The zero-order valence-electron chi connectivity index (χ0n) is 23.7. The smallest absolute Gasteiger partial charge is 0.433 e. The third kappa shape index (κ3) is 4.80. The lowest BCUT2D eigenvalue weighted by Gasteiger charge is -2.47. The van der Waals surface area contributed by atoms with Crippen LogP contribution in [-0.4, -0.2) is 49.1 Å². The van der Waals surface area contributed by atoms with Crippen LogP contribution in [0.15, 0.2) is 59.8 Å². The van der Waals surface area contributed by atoms with E-state index in [1.807, 2.05) is 0 Å². The first-order valence-corrected chi connectivity index (χ1v) is 15.7. The molecule has 0 amide bonds. The normalized spacial score (nSPS) is 21.9. The van der Waals surface area contributed by atoms with Gasteiger partial charge in [0.05, 0.1) is 17.0 Å². The van der Waals surface area contributed by atoms with Gasteiger partial charge >= 0.3 is 12.1 Å². The molecule has 0 saturated heterocycles. The second kappa shape index (κ2) is 10.3. The van der Waals surface area contributed by atoms with Gasteiger partial charge in [0.15, 0.2) is 17.3 Å². The molecule has 1 aromatic carbocycles. The van der Waals surface area contributed by atoms with Gasteiger partial charge in [-0.25, -0.2) is 31.3 Å². The predicted octanol–water partition coefficient (Wildman–Crippen LogP) is 5.75. The molecule has 234 valence electrons. The van der Waals surface area contributed by atoms with E-state index >= 15 is 0 Å². The fourth-order valence-corrected chi connectivity index (χ4v) is 8.16. The van der Waals surface area contributed by atoms with Gasteiger partial charge in [-0.15, -0.1) is 5.10 Å². The molecule has 0 spiro atoms. The summed E-state index contributed by atoms with van der Waals surface area (Å²) in [4.78, 5) is 20.8. The van der Waals surface area contributed by atoms with E-state index in [0.717, 1.165) is 59.7 Å². The fraction of sp³-hybridized carbons (Fsp3) is 0.333. The maximum atomic E-state index is 14.5. The van der Waals surface area contributed by atoms with Gasteiger partial charge < -0.3 is 10.4 Å². The lowest BCUT2D eigenvalue weighted by atomic mass is 9.61. The molecule has 3 fully saturated rings. The Kier molecular flexibility index (Phi) is 6.65. The summed E-state index contributed by atoms with van der Waals surface area (Å²) in [5.41, 5.74) is -0.609. The molecule has 15 heteroatoms. The Bertz CT molecular complexity index is 2080. The summed E-state index contributed by atoms with van der Waals surface area (Å²) in [5.74, 6) is -3.09. The Balaban J connectivity index is 1.44. The molecule has 3 saturated carbocycles. The van der Waals surface area contributed by atoms with E-state index in [2.05, 4.69) is 20.4 Å². The van der Waals surface area contributed by atoms with E-state index in [1.54, 1.807) is 19.1 Å². The Morgan fingerprint density at radius 1 is 1.04 bits per heavy atom. The fourth-order valence-electron chi connectivity index (χ4n) is 6.84. The lowest BCUT2D eigenvalue weighted by molar-refractivity contribution is -0.148. The van der Waals surface area contributed by atoms with Gasteiger partial charge in [-0.05, 0) is 74.8 Å². The van der Waals surface area contributed by atoms with Crippen LogP contribution in [0.4, 0.5) is 23.4 Å². The number of hydrogen-bond acceptors (Lipinski definition) is 7. The number of carboxylic acids is 1. The number of carboxylic acid groups (broad SMARTS) is 1. The molecular formula is C30H26F4N6O4S. The van der Waals surface area contributed by atoms with Crippen LogP contribution < -0.4 is 5.32 Å². The van der Waals surface area contributed by atoms with Crippen LogP contribution in [0.25, 0.3) is 27.9 Å². The molecule has 5 aromatic rings. The van der Waals surface area contributed by atoms with Crippen molar-refractivity contribution in [2.75, 3.05) is 5.32 Å². The van der Waals surface area contributed by atoms with Crippen molar-refractivity contribution in [3.05, 3.63) is 71.9 Å². The van der Waals surface area contributed by atoms with E-state index in [-0.39, 0.29) is 50.5 Å². The Labute approximate surface area is 253 Å². The number of pyridine rings is 1. The summed E-state index contributed by atoms with van der Waals surface area (Å²) >= 11 is 0. The zero-order valence-corrected chi connectivity index (χ0v) is 24.5. The summed E-state index contributed by atoms with van der Waals surface area (Å²) in [5, 5.41) is 17.3. The van der Waals surface area contributed by atoms with Gasteiger partial charge in [-0.1, -0.05) is 17.7 Å². The van der Waals surface area contributed by atoms with Crippen molar-refractivity contribution in [1.82, 2.24) is 23.6 Å². The minimum Gasteiger partial charge on any atom is -0.481 e. The van der Waals surface area contributed by atoms with Crippen LogP contribution in [0.5, 0.6) is 0 Å². The first kappa shape index (κ1) is 29.2. The van der Waals surface area contributed by atoms with Crippen LogP contribution in [0.2, 0.25) is 0 Å². The molecule has 0 radical (unpaired) electrons. The number of rotatable bonds is 6. The van der Waals surface area contributed by atoms with E-state index in [4.69, 9.17) is 0 Å². The summed E-state index contributed by atoms with van der Waals surface area (Å²) in [6.07, 6.45) is 0.162. The highest BCUT2D eigenvalue weighted by Crippen LogP contribution is 2.47. The molecule has 2 N–H and O–H groups in total. The van der Waals surface area contributed by atoms with Crippen LogP contribution >= 0.6 is 0 Å². The van der Waals surface area contributed by atoms with E-state index < -0.39 is 45.6 Å². The first-order valence-electron chi connectivity index (χ1n) is 14.3. The number of halogens is 4. The number of carbonyl (C=O) groups is 1. The number of fused-ring (bicyclic) bond motifs is 5. The number of hydrogen-bond donors (Lipinski definition) is 2. The minimum absolute atomic E-state index is 0.0357.